The Morgan fingerprint density at radius 2 is 1.64 bits per heavy atom. The van der Waals surface area contributed by atoms with E-state index in [9.17, 15) is 5.11 Å². The summed E-state index contributed by atoms with van der Waals surface area (Å²) in [6.07, 6.45) is 0. The Bertz CT molecular complexity index is 284. The number of hydrogen-bond acceptors (Lipinski definition) is 4. The van der Waals surface area contributed by atoms with E-state index < -0.39 is 0 Å². The minimum atomic E-state index is -0.278. The smallest absolute Gasteiger partial charge is 0.126 e. The largest absolute Gasteiger partial charge is 0.507 e. The number of phenols is 1. The predicted molar refractivity (Wildman–Crippen MR) is 51.1 cm³/mol. The van der Waals surface area contributed by atoms with Crippen molar-refractivity contribution in [2.75, 3.05) is 6.61 Å². The number of ether oxygens (including phenoxy) is 1. The van der Waals surface area contributed by atoms with Gasteiger partial charge in [0, 0.05) is 11.1 Å². The Hall–Kier alpha value is -1.26. The molecule has 0 amide bonds. The van der Waals surface area contributed by atoms with Crippen LogP contribution in [-0.4, -0.2) is 21.9 Å². The molecule has 0 heterocycles. The lowest BCUT2D eigenvalue weighted by molar-refractivity contribution is 0.260. The van der Waals surface area contributed by atoms with Crippen molar-refractivity contribution in [1.29, 1.82) is 0 Å². The van der Waals surface area contributed by atoms with Crippen molar-refractivity contribution in [2.24, 2.45) is 0 Å². The molecule has 0 saturated carbocycles. The molecule has 0 aliphatic carbocycles. The minimum Gasteiger partial charge on any atom is -0.507 e. The van der Waals surface area contributed by atoms with Gasteiger partial charge < -0.3 is 20.1 Å². The van der Waals surface area contributed by atoms with Crippen LogP contribution in [-0.2, 0) is 13.2 Å². The highest BCUT2D eigenvalue weighted by Gasteiger charge is 2.08. The molecule has 0 radical (unpaired) electrons. The Morgan fingerprint density at radius 1 is 1.14 bits per heavy atom. The van der Waals surface area contributed by atoms with Crippen LogP contribution >= 0.6 is 0 Å². The molecule has 0 atom stereocenters. The van der Waals surface area contributed by atoms with Gasteiger partial charge in [0.05, 0.1) is 19.8 Å². The monoisotopic (exact) mass is 198 g/mol. The van der Waals surface area contributed by atoms with E-state index in [0.29, 0.717) is 23.5 Å². The van der Waals surface area contributed by atoms with Gasteiger partial charge in [0.1, 0.15) is 11.5 Å². The molecule has 1 aromatic carbocycles. The molecule has 0 spiro atoms. The molecule has 0 saturated heterocycles. The molecule has 0 aliphatic rings. The van der Waals surface area contributed by atoms with E-state index in [4.69, 9.17) is 14.9 Å². The van der Waals surface area contributed by atoms with Crippen LogP contribution in [0.4, 0.5) is 0 Å². The second-order valence-electron chi connectivity index (χ2n) is 2.84. The molecule has 0 aromatic heterocycles. The Kier molecular flexibility index (Phi) is 3.73. The number of aromatic hydroxyl groups is 1. The van der Waals surface area contributed by atoms with E-state index in [0.717, 1.165) is 0 Å². The average Bonchev–Trinajstić information content (AvgIpc) is 2.20. The van der Waals surface area contributed by atoms with Crippen molar-refractivity contribution < 1.29 is 20.1 Å². The van der Waals surface area contributed by atoms with Gasteiger partial charge in [-0.1, -0.05) is 0 Å². The first-order chi connectivity index (χ1) is 6.72. The molecule has 0 bridgehead atoms. The first kappa shape index (κ1) is 10.8. The highest BCUT2D eigenvalue weighted by molar-refractivity contribution is 5.45. The third-order valence-electron chi connectivity index (χ3n) is 1.89. The van der Waals surface area contributed by atoms with Crippen LogP contribution in [0, 0.1) is 0 Å². The lowest BCUT2D eigenvalue weighted by Gasteiger charge is -2.10. The van der Waals surface area contributed by atoms with Crippen molar-refractivity contribution >= 4 is 0 Å². The lowest BCUT2D eigenvalue weighted by atomic mass is 10.1. The van der Waals surface area contributed by atoms with Crippen LogP contribution < -0.4 is 4.74 Å². The molecule has 4 heteroatoms. The average molecular weight is 198 g/mol. The summed E-state index contributed by atoms with van der Waals surface area (Å²) in [5, 5.41) is 27.4. The summed E-state index contributed by atoms with van der Waals surface area (Å²) in [5.74, 6) is 0.469. The van der Waals surface area contributed by atoms with Gasteiger partial charge in [0.15, 0.2) is 0 Å². The molecule has 1 aromatic rings. The van der Waals surface area contributed by atoms with Crippen LogP contribution in [0.1, 0.15) is 18.1 Å². The predicted octanol–water partition coefficient (Wildman–Crippen LogP) is 0.775. The molecule has 0 aliphatic heterocycles. The molecule has 4 nitrogen and oxygen atoms in total. The summed E-state index contributed by atoms with van der Waals surface area (Å²) in [5.41, 5.74) is 0.722. The van der Waals surface area contributed by atoms with Crippen molar-refractivity contribution in [2.45, 2.75) is 20.1 Å². The fourth-order valence-electron chi connectivity index (χ4n) is 1.22. The molecule has 0 unspecified atom stereocenters. The molecule has 14 heavy (non-hydrogen) atoms. The summed E-state index contributed by atoms with van der Waals surface area (Å²) in [4.78, 5) is 0. The van der Waals surface area contributed by atoms with Crippen molar-refractivity contribution in [3.8, 4) is 11.5 Å². The van der Waals surface area contributed by atoms with Gasteiger partial charge in [0.25, 0.3) is 0 Å². The van der Waals surface area contributed by atoms with E-state index in [1.807, 2.05) is 6.92 Å². The van der Waals surface area contributed by atoms with Crippen molar-refractivity contribution in [3.63, 3.8) is 0 Å². The minimum absolute atomic E-state index is 0.0709. The second-order valence-corrected chi connectivity index (χ2v) is 2.84. The standard InChI is InChI=1S/C10H14O4/c1-2-14-9-3-7(5-11)10(13)8(4-9)6-12/h3-4,11-13H,2,5-6H2,1H3. The highest BCUT2D eigenvalue weighted by atomic mass is 16.5. The SMILES string of the molecule is CCOc1cc(CO)c(O)c(CO)c1. The van der Waals surface area contributed by atoms with Crippen molar-refractivity contribution in [1.82, 2.24) is 0 Å². The third-order valence-corrected chi connectivity index (χ3v) is 1.89. The summed E-state index contributed by atoms with van der Waals surface area (Å²) in [6.45, 7) is 1.78. The Labute approximate surface area is 82.4 Å². The summed E-state index contributed by atoms with van der Waals surface area (Å²) >= 11 is 0. The molecular weight excluding hydrogens is 184 g/mol. The zero-order valence-electron chi connectivity index (χ0n) is 8.03. The van der Waals surface area contributed by atoms with Crippen LogP contribution in [0.3, 0.4) is 0 Å². The number of rotatable bonds is 4. The number of hydrogen-bond donors (Lipinski definition) is 3. The van der Waals surface area contributed by atoms with Gasteiger partial charge in [-0.15, -0.1) is 0 Å². The van der Waals surface area contributed by atoms with Gasteiger partial charge in [-0.25, -0.2) is 0 Å². The molecule has 3 N–H and O–H groups in total. The number of aliphatic hydroxyl groups excluding tert-OH is 2. The van der Waals surface area contributed by atoms with Crippen molar-refractivity contribution in [3.05, 3.63) is 23.3 Å². The Balaban J connectivity index is 3.11. The van der Waals surface area contributed by atoms with E-state index in [1.54, 1.807) is 12.1 Å². The van der Waals surface area contributed by atoms with E-state index in [1.165, 1.54) is 0 Å². The van der Waals surface area contributed by atoms with Crippen LogP contribution in [0.2, 0.25) is 0 Å². The fourth-order valence-corrected chi connectivity index (χ4v) is 1.22. The number of aliphatic hydroxyl groups is 2. The van der Waals surface area contributed by atoms with Crippen LogP contribution in [0.5, 0.6) is 11.5 Å². The van der Waals surface area contributed by atoms with Gasteiger partial charge in [-0.05, 0) is 19.1 Å². The summed E-state index contributed by atoms with van der Waals surface area (Å²) in [7, 11) is 0. The van der Waals surface area contributed by atoms with Gasteiger partial charge in [-0.2, -0.15) is 0 Å². The van der Waals surface area contributed by atoms with E-state index >= 15 is 0 Å². The Morgan fingerprint density at radius 3 is 2.00 bits per heavy atom. The zero-order chi connectivity index (χ0) is 10.6. The fraction of sp³-hybridized carbons (Fsp3) is 0.400. The normalized spacial score (nSPS) is 10.2. The highest BCUT2D eigenvalue weighted by Crippen LogP contribution is 2.28. The maximum absolute atomic E-state index is 9.51. The third kappa shape index (κ3) is 2.16. The van der Waals surface area contributed by atoms with Crippen LogP contribution in [0.15, 0.2) is 12.1 Å². The lowest BCUT2D eigenvalue weighted by Crippen LogP contribution is -1.97. The maximum atomic E-state index is 9.51. The topological polar surface area (TPSA) is 69.9 Å². The first-order valence-corrected chi connectivity index (χ1v) is 4.42. The quantitative estimate of drug-likeness (QED) is 0.668. The van der Waals surface area contributed by atoms with Gasteiger partial charge in [0.2, 0.25) is 0 Å². The maximum Gasteiger partial charge on any atom is 0.126 e. The summed E-state index contributed by atoms with van der Waals surface area (Å²) in [6, 6.07) is 3.11. The van der Waals surface area contributed by atoms with E-state index in [-0.39, 0.29) is 19.0 Å². The van der Waals surface area contributed by atoms with E-state index in [2.05, 4.69) is 0 Å². The van der Waals surface area contributed by atoms with Gasteiger partial charge >= 0.3 is 0 Å². The first-order valence-electron chi connectivity index (χ1n) is 4.42. The molecule has 78 valence electrons. The second kappa shape index (κ2) is 4.83. The van der Waals surface area contributed by atoms with Gasteiger partial charge in [-0.3, -0.25) is 0 Å². The van der Waals surface area contributed by atoms with Crippen LogP contribution in [0.25, 0.3) is 0 Å². The molecular formula is C10H14O4. The number of benzene rings is 1. The summed E-state index contributed by atoms with van der Waals surface area (Å²) < 4.78 is 5.21. The molecule has 0 fully saturated rings. The zero-order valence-corrected chi connectivity index (χ0v) is 8.03. The molecule has 1 rings (SSSR count).